The molecule has 0 saturated heterocycles. The van der Waals surface area contributed by atoms with Crippen molar-refractivity contribution in [3.8, 4) is 6.07 Å². The summed E-state index contributed by atoms with van der Waals surface area (Å²) in [4.78, 5) is 28.7. The van der Waals surface area contributed by atoms with Gasteiger partial charge < -0.3 is 10.6 Å². The van der Waals surface area contributed by atoms with Crippen LogP contribution in [0, 0.1) is 17.1 Å². The van der Waals surface area contributed by atoms with Crippen LogP contribution < -0.4 is 10.6 Å². The van der Waals surface area contributed by atoms with Crippen molar-refractivity contribution >= 4 is 17.5 Å². The molecule has 6 nitrogen and oxygen atoms in total. The van der Waals surface area contributed by atoms with Gasteiger partial charge in [0, 0.05) is 24.6 Å². The van der Waals surface area contributed by atoms with Crippen LogP contribution in [0.15, 0.2) is 67.0 Å². The molecule has 1 aromatic heterocycles. The van der Waals surface area contributed by atoms with Gasteiger partial charge in [-0.15, -0.1) is 0 Å². The van der Waals surface area contributed by atoms with Gasteiger partial charge in [-0.1, -0.05) is 12.1 Å². The van der Waals surface area contributed by atoms with Crippen LogP contribution in [-0.4, -0.2) is 23.3 Å². The Bertz CT molecular complexity index is 1060. The fraction of sp³-hybridized carbons (Fsp3) is 0.0909. The predicted octanol–water partition coefficient (Wildman–Crippen LogP) is 3.32. The van der Waals surface area contributed by atoms with Gasteiger partial charge in [0.1, 0.15) is 5.82 Å². The Hall–Kier alpha value is -4.05. The lowest BCUT2D eigenvalue weighted by Gasteiger charge is -2.08. The van der Waals surface area contributed by atoms with Gasteiger partial charge in [0.05, 0.1) is 22.8 Å². The number of anilines is 1. The molecule has 2 aromatic carbocycles. The van der Waals surface area contributed by atoms with E-state index in [-0.39, 0.29) is 22.9 Å². The molecule has 0 spiro atoms. The second kappa shape index (κ2) is 9.24. The van der Waals surface area contributed by atoms with Crippen molar-refractivity contribution in [1.82, 2.24) is 10.3 Å². The standard InChI is InChI=1S/C22H17FN4O2/c23-19-5-1-15(2-6-19)9-10-26-21(28)17-11-18(14-25-13-17)22(29)27-20-7-3-16(12-24)4-8-20/h1-8,11,13-14H,9-10H2,(H,26,28)(H,27,29). The fourth-order valence-corrected chi connectivity index (χ4v) is 2.59. The van der Waals surface area contributed by atoms with Gasteiger partial charge in [-0.2, -0.15) is 5.26 Å². The number of rotatable bonds is 6. The first-order valence-electron chi connectivity index (χ1n) is 8.84. The Morgan fingerprint density at radius 1 is 0.966 bits per heavy atom. The van der Waals surface area contributed by atoms with Crippen molar-refractivity contribution in [3.05, 3.63) is 95.1 Å². The summed E-state index contributed by atoms with van der Waals surface area (Å²) in [6.07, 6.45) is 3.30. The van der Waals surface area contributed by atoms with Crippen molar-refractivity contribution in [2.45, 2.75) is 6.42 Å². The smallest absolute Gasteiger partial charge is 0.257 e. The lowest BCUT2D eigenvalue weighted by Crippen LogP contribution is -2.26. The van der Waals surface area contributed by atoms with Crippen molar-refractivity contribution in [3.63, 3.8) is 0 Å². The average molecular weight is 388 g/mol. The highest BCUT2D eigenvalue weighted by molar-refractivity contribution is 6.05. The minimum Gasteiger partial charge on any atom is -0.352 e. The van der Waals surface area contributed by atoms with Crippen LogP contribution >= 0.6 is 0 Å². The van der Waals surface area contributed by atoms with Gasteiger partial charge in [0.15, 0.2) is 0 Å². The first kappa shape index (κ1) is 19.7. The number of carbonyl (C=O) groups excluding carboxylic acids is 2. The number of benzene rings is 2. The number of amides is 2. The molecular weight excluding hydrogens is 371 g/mol. The number of pyridine rings is 1. The van der Waals surface area contributed by atoms with Gasteiger partial charge in [-0.25, -0.2) is 4.39 Å². The van der Waals surface area contributed by atoms with Crippen molar-refractivity contribution in [2.24, 2.45) is 0 Å². The first-order valence-corrected chi connectivity index (χ1v) is 8.84. The van der Waals surface area contributed by atoms with Crippen molar-refractivity contribution in [1.29, 1.82) is 5.26 Å². The zero-order chi connectivity index (χ0) is 20.6. The number of carbonyl (C=O) groups is 2. The molecule has 144 valence electrons. The van der Waals surface area contributed by atoms with Crippen LogP contribution in [0.1, 0.15) is 31.8 Å². The molecule has 0 radical (unpaired) electrons. The summed E-state index contributed by atoms with van der Waals surface area (Å²) in [6, 6.07) is 16.0. The maximum atomic E-state index is 12.9. The molecule has 1 heterocycles. The van der Waals surface area contributed by atoms with E-state index in [0.717, 1.165) is 5.56 Å². The zero-order valence-corrected chi connectivity index (χ0v) is 15.4. The Balaban J connectivity index is 1.58. The van der Waals surface area contributed by atoms with Crippen molar-refractivity contribution in [2.75, 3.05) is 11.9 Å². The highest BCUT2D eigenvalue weighted by Crippen LogP contribution is 2.11. The highest BCUT2D eigenvalue weighted by Gasteiger charge is 2.11. The van der Waals surface area contributed by atoms with Gasteiger partial charge in [-0.05, 0) is 54.4 Å². The van der Waals surface area contributed by atoms with Crippen LogP contribution in [0.2, 0.25) is 0 Å². The topological polar surface area (TPSA) is 94.9 Å². The molecule has 0 fully saturated rings. The van der Waals surface area contributed by atoms with Crippen LogP contribution in [0.5, 0.6) is 0 Å². The van der Waals surface area contributed by atoms with E-state index in [9.17, 15) is 14.0 Å². The molecule has 0 atom stereocenters. The third-order valence-electron chi connectivity index (χ3n) is 4.15. The number of aromatic nitrogens is 1. The minimum atomic E-state index is -0.414. The summed E-state index contributed by atoms with van der Waals surface area (Å²) in [6.45, 7) is 0.367. The number of hydrogen-bond donors (Lipinski definition) is 2. The Labute approximate surface area is 167 Å². The molecule has 0 bridgehead atoms. The molecule has 2 N–H and O–H groups in total. The average Bonchev–Trinajstić information content (AvgIpc) is 2.75. The molecule has 3 aromatic rings. The second-order valence-electron chi connectivity index (χ2n) is 6.24. The molecule has 0 aliphatic carbocycles. The first-order chi connectivity index (χ1) is 14.0. The maximum absolute atomic E-state index is 12.9. The summed E-state index contributed by atoms with van der Waals surface area (Å²) in [5, 5.41) is 14.3. The summed E-state index contributed by atoms with van der Waals surface area (Å²) in [7, 11) is 0. The van der Waals surface area contributed by atoms with E-state index in [2.05, 4.69) is 15.6 Å². The quantitative estimate of drug-likeness (QED) is 0.677. The summed E-state index contributed by atoms with van der Waals surface area (Å²) in [5.41, 5.74) is 2.42. The van der Waals surface area contributed by atoms with E-state index < -0.39 is 5.91 Å². The van der Waals surface area contributed by atoms with E-state index in [1.807, 2.05) is 6.07 Å². The highest BCUT2D eigenvalue weighted by atomic mass is 19.1. The SMILES string of the molecule is N#Cc1ccc(NC(=O)c2cncc(C(=O)NCCc3ccc(F)cc3)c2)cc1. The number of nitrogens with one attached hydrogen (secondary N) is 2. The molecule has 3 rings (SSSR count). The van der Waals surface area contributed by atoms with Crippen LogP contribution in [-0.2, 0) is 6.42 Å². The number of halogens is 1. The number of hydrogen-bond acceptors (Lipinski definition) is 4. The van der Waals surface area contributed by atoms with Crippen molar-refractivity contribution < 1.29 is 14.0 Å². The fourth-order valence-electron chi connectivity index (χ4n) is 2.59. The van der Waals surface area contributed by atoms with E-state index >= 15 is 0 Å². The monoisotopic (exact) mass is 388 g/mol. The third kappa shape index (κ3) is 5.47. The van der Waals surface area contributed by atoms with E-state index in [4.69, 9.17) is 5.26 Å². The lowest BCUT2D eigenvalue weighted by atomic mass is 10.1. The third-order valence-corrected chi connectivity index (χ3v) is 4.15. The van der Waals surface area contributed by atoms with Gasteiger partial charge in [0.2, 0.25) is 0 Å². The zero-order valence-electron chi connectivity index (χ0n) is 15.4. The molecule has 0 unspecified atom stereocenters. The van der Waals surface area contributed by atoms with E-state index in [1.54, 1.807) is 36.4 Å². The summed E-state index contributed by atoms with van der Waals surface area (Å²) < 4.78 is 12.9. The molecular formula is C22H17FN4O2. The lowest BCUT2D eigenvalue weighted by molar-refractivity contribution is 0.0953. The predicted molar refractivity (Wildman–Crippen MR) is 106 cm³/mol. The Morgan fingerprint density at radius 2 is 1.62 bits per heavy atom. The van der Waals surface area contributed by atoms with Crippen LogP contribution in [0.4, 0.5) is 10.1 Å². The normalized spacial score (nSPS) is 10.1. The maximum Gasteiger partial charge on any atom is 0.257 e. The van der Waals surface area contributed by atoms with E-state index in [0.29, 0.717) is 24.2 Å². The molecule has 2 amide bonds. The second-order valence-corrected chi connectivity index (χ2v) is 6.24. The number of nitriles is 1. The van der Waals surface area contributed by atoms with Gasteiger partial charge in [0.25, 0.3) is 11.8 Å². The van der Waals surface area contributed by atoms with Gasteiger partial charge in [-0.3, -0.25) is 14.6 Å². The van der Waals surface area contributed by atoms with E-state index in [1.165, 1.54) is 30.6 Å². The minimum absolute atomic E-state index is 0.237. The molecule has 0 saturated carbocycles. The summed E-state index contributed by atoms with van der Waals surface area (Å²) in [5.74, 6) is -1.07. The Morgan fingerprint density at radius 3 is 2.28 bits per heavy atom. The Kier molecular flexibility index (Phi) is 6.28. The molecule has 0 aliphatic heterocycles. The largest absolute Gasteiger partial charge is 0.352 e. The number of nitrogens with zero attached hydrogens (tertiary/aromatic N) is 2. The van der Waals surface area contributed by atoms with Gasteiger partial charge >= 0.3 is 0 Å². The summed E-state index contributed by atoms with van der Waals surface area (Å²) >= 11 is 0. The molecule has 7 heteroatoms. The molecule has 29 heavy (non-hydrogen) atoms. The molecule has 0 aliphatic rings. The van der Waals surface area contributed by atoms with Crippen LogP contribution in [0.3, 0.4) is 0 Å². The van der Waals surface area contributed by atoms with Crippen LogP contribution in [0.25, 0.3) is 0 Å².